The highest BCUT2D eigenvalue weighted by Gasteiger charge is 2.41. The van der Waals surface area contributed by atoms with Crippen LogP contribution in [-0.4, -0.2) is 40.0 Å². The van der Waals surface area contributed by atoms with Crippen LogP contribution >= 0.6 is 0 Å². The summed E-state index contributed by atoms with van der Waals surface area (Å²) < 4.78 is 0. The maximum absolute atomic E-state index is 12.3. The average Bonchev–Trinajstić information content (AvgIpc) is 2.48. The van der Waals surface area contributed by atoms with E-state index in [1.54, 1.807) is 4.90 Å². The SMILES string of the molecule is CCCC1(C(=O)O)CCN(C(=O)c2c[nH]ccc2=O)CC1. The quantitative estimate of drug-likeness (QED) is 0.879. The number of carbonyl (C=O) groups is 2. The van der Waals surface area contributed by atoms with E-state index < -0.39 is 11.4 Å². The van der Waals surface area contributed by atoms with Gasteiger partial charge in [0.1, 0.15) is 5.56 Å². The molecular weight excluding hydrogens is 272 g/mol. The summed E-state index contributed by atoms with van der Waals surface area (Å²) in [5.41, 5.74) is -0.938. The van der Waals surface area contributed by atoms with Crippen molar-refractivity contribution in [3.63, 3.8) is 0 Å². The smallest absolute Gasteiger partial charge is 0.309 e. The molecule has 0 aromatic carbocycles. The number of aliphatic carboxylic acids is 1. The number of piperidine rings is 1. The Morgan fingerprint density at radius 2 is 2.05 bits per heavy atom. The molecule has 1 fully saturated rings. The third-order valence-electron chi connectivity index (χ3n) is 4.24. The normalized spacial score (nSPS) is 17.5. The molecule has 0 spiro atoms. The molecule has 2 N–H and O–H groups in total. The van der Waals surface area contributed by atoms with Crippen LogP contribution in [0.15, 0.2) is 23.3 Å². The number of H-pyrrole nitrogens is 1. The van der Waals surface area contributed by atoms with Gasteiger partial charge in [0.05, 0.1) is 5.41 Å². The summed E-state index contributed by atoms with van der Waals surface area (Å²) in [6, 6.07) is 1.32. The van der Waals surface area contributed by atoms with Gasteiger partial charge in [-0.05, 0) is 19.3 Å². The molecule has 1 aliphatic rings. The van der Waals surface area contributed by atoms with Gasteiger partial charge < -0.3 is 15.0 Å². The van der Waals surface area contributed by atoms with E-state index in [2.05, 4.69) is 4.98 Å². The molecular formula is C15H20N2O4. The second-order valence-corrected chi connectivity index (χ2v) is 5.55. The van der Waals surface area contributed by atoms with Crippen molar-refractivity contribution in [3.8, 4) is 0 Å². The van der Waals surface area contributed by atoms with Gasteiger partial charge in [0.25, 0.3) is 5.91 Å². The first kappa shape index (κ1) is 15.3. The maximum Gasteiger partial charge on any atom is 0.309 e. The van der Waals surface area contributed by atoms with Crippen LogP contribution in [0.2, 0.25) is 0 Å². The third kappa shape index (κ3) is 2.99. The molecule has 0 bridgehead atoms. The number of pyridine rings is 1. The van der Waals surface area contributed by atoms with Crippen LogP contribution in [0.5, 0.6) is 0 Å². The summed E-state index contributed by atoms with van der Waals surface area (Å²) in [6.45, 7) is 2.71. The van der Waals surface area contributed by atoms with Crippen LogP contribution in [0.25, 0.3) is 0 Å². The van der Waals surface area contributed by atoms with E-state index in [1.165, 1.54) is 18.5 Å². The van der Waals surface area contributed by atoms with Crippen LogP contribution in [0, 0.1) is 5.41 Å². The van der Waals surface area contributed by atoms with Crippen molar-refractivity contribution in [1.82, 2.24) is 9.88 Å². The minimum absolute atomic E-state index is 0.107. The van der Waals surface area contributed by atoms with Crippen molar-refractivity contribution in [2.75, 3.05) is 13.1 Å². The molecule has 1 amide bonds. The summed E-state index contributed by atoms with van der Waals surface area (Å²) in [4.78, 5) is 39.8. The molecule has 0 atom stereocenters. The second-order valence-electron chi connectivity index (χ2n) is 5.55. The zero-order valence-electron chi connectivity index (χ0n) is 12.1. The largest absolute Gasteiger partial charge is 0.481 e. The summed E-state index contributed by atoms with van der Waals surface area (Å²) in [7, 11) is 0. The number of amides is 1. The van der Waals surface area contributed by atoms with Crippen LogP contribution in [0.1, 0.15) is 43.0 Å². The first-order chi connectivity index (χ1) is 10.00. The molecule has 0 saturated carbocycles. The van der Waals surface area contributed by atoms with Gasteiger partial charge in [-0.1, -0.05) is 13.3 Å². The predicted molar refractivity (Wildman–Crippen MR) is 77.2 cm³/mol. The number of hydrogen-bond acceptors (Lipinski definition) is 3. The first-order valence-electron chi connectivity index (χ1n) is 7.20. The van der Waals surface area contributed by atoms with E-state index in [4.69, 9.17) is 0 Å². The minimum atomic E-state index is -0.783. The van der Waals surface area contributed by atoms with E-state index in [0.717, 1.165) is 6.42 Å². The fraction of sp³-hybridized carbons (Fsp3) is 0.533. The van der Waals surface area contributed by atoms with Gasteiger partial charge in [-0.2, -0.15) is 0 Å². The summed E-state index contributed by atoms with van der Waals surface area (Å²) in [5.74, 6) is -1.11. The number of aromatic amines is 1. The Bertz CT molecular complexity index is 585. The van der Waals surface area contributed by atoms with Gasteiger partial charge in [0.2, 0.25) is 0 Å². The van der Waals surface area contributed by atoms with Gasteiger partial charge in [0.15, 0.2) is 5.43 Å². The molecule has 1 aromatic rings. The van der Waals surface area contributed by atoms with Crippen molar-refractivity contribution in [3.05, 3.63) is 34.2 Å². The maximum atomic E-state index is 12.3. The Kier molecular flexibility index (Phi) is 4.45. The molecule has 0 aliphatic carbocycles. The Balaban J connectivity index is 2.10. The molecule has 6 nitrogen and oxygen atoms in total. The predicted octanol–water partition coefficient (Wildman–Crippen LogP) is 1.48. The average molecular weight is 292 g/mol. The number of aromatic nitrogens is 1. The standard InChI is InChI=1S/C15H20N2O4/c1-2-4-15(14(20)21)5-8-17(9-6-15)13(19)11-10-16-7-3-12(11)18/h3,7,10H,2,4-6,8-9H2,1H3,(H,16,18)(H,20,21). The zero-order valence-corrected chi connectivity index (χ0v) is 12.1. The van der Waals surface area contributed by atoms with Gasteiger partial charge in [-0.3, -0.25) is 14.4 Å². The number of nitrogens with one attached hydrogen (secondary N) is 1. The molecule has 1 aromatic heterocycles. The van der Waals surface area contributed by atoms with Gasteiger partial charge in [-0.15, -0.1) is 0 Å². The van der Waals surface area contributed by atoms with Crippen LogP contribution in [0.3, 0.4) is 0 Å². The summed E-state index contributed by atoms with van der Waals surface area (Å²) in [6.07, 6.45) is 5.18. The third-order valence-corrected chi connectivity index (χ3v) is 4.24. The van der Waals surface area contributed by atoms with Crippen LogP contribution in [0.4, 0.5) is 0 Å². The number of carboxylic acid groups (broad SMARTS) is 1. The topological polar surface area (TPSA) is 90.5 Å². The van der Waals surface area contributed by atoms with E-state index in [1.807, 2.05) is 6.92 Å². The van der Waals surface area contributed by atoms with Gasteiger partial charge in [-0.25, -0.2) is 0 Å². The lowest BCUT2D eigenvalue weighted by Crippen LogP contribution is -2.47. The lowest BCUT2D eigenvalue weighted by Gasteiger charge is -2.38. The number of nitrogens with zero attached hydrogens (tertiary/aromatic N) is 1. The van der Waals surface area contributed by atoms with Crippen LogP contribution < -0.4 is 5.43 Å². The van der Waals surface area contributed by atoms with Crippen LogP contribution in [-0.2, 0) is 4.79 Å². The monoisotopic (exact) mass is 292 g/mol. The molecule has 6 heteroatoms. The molecule has 2 rings (SSSR count). The molecule has 0 radical (unpaired) electrons. The number of likely N-dealkylation sites (tertiary alicyclic amines) is 1. The van der Waals surface area contributed by atoms with Crippen molar-refractivity contribution in [1.29, 1.82) is 0 Å². The molecule has 21 heavy (non-hydrogen) atoms. The Morgan fingerprint density at radius 3 is 2.57 bits per heavy atom. The number of rotatable bonds is 4. The molecule has 1 aliphatic heterocycles. The summed E-state index contributed by atoms with van der Waals surface area (Å²) in [5, 5.41) is 9.45. The molecule has 0 unspecified atom stereocenters. The lowest BCUT2D eigenvalue weighted by molar-refractivity contribution is -0.152. The number of carbonyl (C=O) groups excluding carboxylic acids is 1. The highest BCUT2D eigenvalue weighted by atomic mass is 16.4. The molecule has 114 valence electrons. The van der Waals surface area contributed by atoms with Gasteiger partial charge in [0, 0.05) is 31.5 Å². The van der Waals surface area contributed by atoms with Crippen molar-refractivity contribution >= 4 is 11.9 Å². The Morgan fingerprint density at radius 1 is 1.38 bits per heavy atom. The minimum Gasteiger partial charge on any atom is -0.481 e. The zero-order chi connectivity index (χ0) is 15.5. The Hall–Kier alpha value is -2.11. The van der Waals surface area contributed by atoms with E-state index in [-0.39, 0.29) is 16.9 Å². The first-order valence-corrected chi connectivity index (χ1v) is 7.20. The highest BCUT2D eigenvalue weighted by molar-refractivity contribution is 5.94. The lowest BCUT2D eigenvalue weighted by atomic mass is 9.75. The number of carboxylic acids is 1. The van der Waals surface area contributed by atoms with Gasteiger partial charge >= 0.3 is 5.97 Å². The summed E-state index contributed by atoms with van der Waals surface area (Å²) >= 11 is 0. The van der Waals surface area contributed by atoms with E-state index >= 15 is 0 Å². The fourth-order valence-corrected chi connectivity index (χ4v) is 2.94. The molecule has 2 heterocycles. The van der Waals surface area contributed by atoms with E-state index in [0.29, 0.717) is 32.4 Å². The van der Waals surface area contributed by atoms with Crippen molar-refractivity contribution in [2.45, 2.75) is 32.6 Å². The molecule has 1 saturated heterocycles. The highest BCUT2D eigenvalue weighted by Crippen LogP contribution is 2.36. The second kappa shape index (κ2) is 6.11. The van der Waals surface area contributed by atoms with E-state index in [9.17, 15) is 19.5 Å². The van der Waals surface area contributed by atoms with Crippen molar-refractivity contribution in [2.24, 2.45) is 5.41 Å². The Labute approximate surface area is 122 Å². The number of hydrogen-bond donors (Lipinski definition) is 2. The fourth-order valence-electron chi connectivity index (χ4n) is 2.94. The van der Waals surface area contributed by atoms with Crippen molar-refractivity contribution < 1.29 is 14.7 Å².